The van der Waals surface area contributed by atoms with Gasteiger partial charge in [-0.15, -0.1) is 0 Å². The molecule has 13 heavy (non-hydrogen) atoms. The Morgan fingerprint density at radius 1 is 1.15 bits per heavy atom. The van der Waals surface area contributed by atoms with Gasteiger partial charge in [0.2, 0.25) is 0 Å². The Labute approximate surface area is 87.5 Å². The minimum atomic E-state index is -0.108. The molecule has 0 N–H and O–H groups in total. The number of benzene rings is 1. The summed E-state index contributed by atoms with van der Waals surface area (Å²) in [4.78, 5) is 21.8. The zero-order chi connectivity index (χ0) is 8.97. The van der Waals surface area contributed by atoms with Crippen molar-refractivity contribution in [3.05, 3.63) is 35.9 Å². The molecular formula is C10H10CoO2+2. The second kappa shape index (κ2) is 5.67. The third kappa shape index (κ3) is 4.01. The van der Waals surface area contributed by atoms with Gasteiger partial charge >= 0.3 is 16.8 Å². The van der Waals surface area contributed by atoms with Crippen LogP contribution in [0.2, 0.25) is 0 Å². The molecule has 0 amide bonds. The molecule has 0 atom stereocenters. The van der Waals surface area contributed by atoms with Gasteiger partial charge in [0.25, 0.3) is 0 Å². The summed E-state index contributed by atoms with van der Waals surface area (Å²) in [5, 5.41) is 0. The van der Waals surface area contributed by atoms with Crippen LogP contribution in [-0.2, 0) is 21.6 Å². The standard InChI is InChI=1S/C10H10O2.Co/c1-8(11)7-10(12)9-5-3-2-4-6-9;/h2-6H,7H2,1H3;/q;+2. The summed E-state index contributed by atoms with van der Waals surface area (Å²) in [5.41, 5.74) is 0.604. The van der Waals surface area contributed by atoms with Crippen LogP contribution in [0.25, 0.3) is 0 Å². The van der Waals surface area contributed by atoms with E-state index < -0.39 is 0 Å². The van der Waals surface area contributed by atoms with Gasteiger partial charge in [-0.1, -0.05) is 30.3 Å². The first kappa shape index (κ1) is 12.1. The van der Waals surface area contributed by atoms with E-state index in [1.807, 2.05) is 6.07 Å². The van der Waals surface area contributed by atoms with Gasteiger partial charge in [0, 0.05) is 5.56 Å². The molecule has 1 rings (SSSR count). The van der Waals surface area contributed by atoms with E-state index in [0.717, 1.165) is 0 Å². The molecule has 0 spiro atoms. The van der Waals surface area contributed by atoms with Crippen LogP contribution in [0.1, 0.15) is 23.7 Å². The number of rotatable bonds is 3. The molecule has 0 aliphatic carbocycles. The minimum Gasteiger partial charge on any atom is -0.300 e. The summed E-state index contributed by atoms with van der Waals surface area (Å²) in [7, 11) is 0. The summed E-state index contributed by atoms with van der Waals surface area (Å²) in [6.45, 7) is 1.42. The average molecular weight is 221 g/mol. The van der Waals surface area contributed by atoms with Crippen molar-refractivity contribution >= 4 is 11.6 Å². The van der Waals surface area contributed by atoms with E-state index in [1.54, 1.807) is 24.3 Å². The number of ketones is 2. The van der Waals surface area contributed by atoms with Crippen LogP contribution in [0.3, 0.4) is 0 Å². The van der Waals surface area contributed by atoms with E-state index in [1.165, 1.54) is 6.92 Å². The number of hydrogen-bond acceptors (Lipinski definition) is 2. The van der Waals surface area contributed by atoms with Crippen LogP contribution in [0.4, 0.5) is 0 Å². The quantitative estimate of drug-likeness (QED) is 0.576. The van der Waals surface area contributed by atoms with Crippen molar-refractivity contribution in [3.8, 4) is 0 Å². The summed E-state index contributed by atoms with van der Waals surface area (Å²) in [6, 6.07) is 8.84. The summed E-state index contributed by atoms with van der Waals surface area (Å²) >= 11 is 0. The Kier molecular flexibility index (Phi) is 5.26. The Balaban J connectivity index is 0.00000144. The monoisotopic (exact) mass is 221 g/mol. The van der Waals surface area contributed by atoms with Crippen molar-refractivity contribution in [2.45, 2.75) is 13.3 Å². The molecule has 0 aliphatic rings. The summed E-state index contributed by atoms with van der Waals surface area (Å²) in [6.07, 6.45) is 0.00398. The molecule has 0 bridgehead atoms. The van der Waals surface area contributed by atoms with Gasteiger partial charge in [0.1, 0.15) is 5.78 Å². The minimum absolute atomic E-state index is 0. The van der Waals surface area contributed by atoms with Crippen LogP contribution in [0.15, 0.2) is 30.3 Å². The summed E-state index contributed by atoms with van der Waals surface area (Å²) < 4.78 is 0. The van der Waals surface area contributed by atoms with E-state index in [0.29, 0.717) is 5.56 Å². The molecular weight excluding hydrogens is 211 g/mol. The van der Waals surface area contributed by atoms with Crippen LogP contribution < -0.4 is 0 Å². The van der Waals surface area contributed by atoms with E-state index in [-0.39, 0.29) is 34.8 Å². The molecule has 2 nitrogen and oxygen atoms in total. The average Bonchev–Trinajstić information content (AvgIpc) is 2.05. The van der Waals surface area contributed by atoms with Gasteiger partial charge in [-0.3, -0.25) is 9.59 Å². The normalized spacial score (nSPS) is 8.69. The molecule has 3 heteroatoms. The molecule has 0 saturated heterocycles. The SMILES string of the molecule is CC(=O)CC(=O)c1ccccc1.[Co+2]. The van der Waals surface area contributed by atoms with Gasteiger partial charge in [-0.2, -0.15) is 0 Å². The van der Waals surface area contributed by atoms with Crippen molar-refractivity contribution in [1.29, 1.82) is 0 Å². The molecule has 0 saturated carbocycles. The Morgan fingerprint density at radius 3 is 2.15 bits per heavy atom. The smallest absolute Gasteiger partial charge is 0.300 e. The predicted molar refractivity (Wildman–Crippen MR) is 46.1 cm³/mol. The van der Waals surface area contributed by atoms with Gasteiger partial charge in [0.05, 0.1) is 6.42 Å². The fourth-order valence-electron chi connectivity index (χ4n) is 0.952. The van der Waals surface area contributed by atoms with Crippen LogP contribution in [0, 0.1) is 0 Å². The van der Waals surface area contributed by atoms with Crippen molar-refractivity contribution in [3.63, 3.8) is 0 Å². The van der Waals surface area contributed by atoms with E-state index in [9.17, 15) is 9.59 Å². The van der Waals surface area contributed by atoms with Gasteiger partial charge in [0.15, 0.2) is 5.78 Å². The predicted octanol–water partition coefficient (Wildman–Crippen LogP) is 1.85. The van der Waals surface area contributed by atoms with Crippen LogP contribution >= 0.6 is 0 Å². The molecule has 0 aromatic heterocycles. The van der Waals surface area contributed by atoms with Crippen LogP contribution in [-0.4, -0.2) is 11.6 Å². The van der Waals surface area contributed by atoms with E-state index in [2.05, 4.69) is 0 Å². The first-order valence-corrected chi connectivity index (χ1v) is 3.78. The number of hydrogen-bond donors (Lipinski definition) is 0. The number of carbonyl (C=O) groups excluding carboxylic acids is 2. The van der Waals surface area contributed by atoms with Crippen LogP contribution in [0.5, 0.6) is 0 Å². The Morgan fingerprint density at radius 2 is 1.69 bits per heavy atom. The number of carbonyl (C=O) groups is 2. The second-order valence-corrected chi connectivity index (χ2v) is 2.67. The summed E-state index contributed by atoms with van der Waals surface area (Å²) in [5.74, 6) is -0.202. The van der Waals surface area contributed by atoms with Crippen molar-refractivity contribution in [2.75, 3.05) is 0 Å². The fourth-order valence-corrected chi connectivity index (χ4v) is 0.952. The Hall–Kier alpha value is -0.934. The second-order valence-electron chi connectivity index (χ2n) is 2.67. The maximum atomic E-state index is 11.2. The first-order valence-electron chi connectivity index (χ1n) is 3.78. The fraction of sp³-hybridized carbons (Fsp3) is 0.200. The van der Waals surface area contributed by atoms with E-state index >= 15 is 0 Å². The molecule has 0 heterocycles. The molecule has 0 fully saturated rings. The largest absolute Gasteiger partial charge is 2.00 e. The molecule has 0 aliphatic heterocycles. The van der Waals surface area contributed by atoms with Gasteiger partial charge in [-0.05, 0) is 6.92 Å². The molecule has 1 radical (unpaired) electrons. The van der Waals surface area contributed by atoms with Crippen molar-refractivity contribution in [2.24, 2.45) is 0 Å². The zero-order valence-electron chi connectivity index (χ0n) is 7.24. The van der Waals surface area contributed by atoms with Gasteiger partial charge < -0.3 is 0 Å². The van der Waals surface area contributed by atoms with E-state index in [4.69, 9.17) is 0 Å². The zero-order valence-corrected chi connectivity index (χ0v) is 8.28. The number of Topliss-reactive ketones (excluding diaryl/α,β-unsaturated/α-hetero) is 2. The molecule has 69 valence electrons. The maximum Gasteiger partial charge on any atom is 2.00 e. The third-order valence-corrected chi connectivity index (χ3v) is 1.51. The molecule has 1 aromatic carbocycles. The maximum absolute atomic E-state index is 11.2. The van der Waals surface area contributed by atoms with Gasteiger partial charge in [-0.25, -0.2) is 0 Å². The Bertz CT molecular complexity index is 293. The first-order chi connectivity index (χ1) is 5.70. The topological polar surface area (TPSA) is 34.1 Å². The third-order valence-electron chi connectivity index (χ3n) is 1.51. The molecule has 1 aromatic rings. The molecule has 0 unspecified atom stereocenters. The van der Waals surface area contributed by atoms with Crippen molar-refractivity contribution in [1.82, 2.24) is 0 Å². The van der Waals surface area contributed by atoms with Crippen molar-refractivity contribution < 1.29 is 26.4 Å².